The van der Waals surface area contributed by atoms with E-state index in [-0.39, 0.29) is 0 Å². The molecule has 2 aromatic carbocycles. The van der Waals surface area contributed by atoms with Gasteiger partial charge in [-0.25, -0.2) is 0 Å². The van der Waals surface area contributed by atoms with Crippen LogP contribution in [0.2, 0.25) is 0 Å². The molecule has 1 aromatic heterocycles. The van der Waals surface area contributed by atoms with Crippen LogP contribution in [-0.4, -0.2) is 10.9 Å². The molecule has 4 nitrogen and oxygen atoms in total. The maximum Gasteiger partial charge on any atom is 0.248 e. The van der Waals surface area contributed by atoms with Gasteiger partial charge < -0.3 is 10.5 Å². The Labute approximate surface area is 147 Å². The fourth-order valence-corrected chi connectivity index (χ4v) is 2.66. The van der Waals surface area contributed by atoms with E-state index in [1.807, 2.05) is 25.1 Å². The summed E-state index contributed by atoms with van der Waals surface area (Å²) in [6.45, 7) is 4.47. The van der Waals surface area contributed by atoms with E-state index in [2.05, 4.69) is 30.1 Å². The fourth-order valence-electron chi connectivity index (χ4n) is 2.66. The van der Waals surface area contributed by atoms with Crippen molar-refractivity contribution in [2.75, 3.05) is 0 Å². The predicted molar refractivity (Wildman–Crippen MR) is 98.4 cm³/mol. The smallest absolute Gasteiger partial charge is 0.248 e. The van der Waals surface area contributed by atoms with Crippen LogP contribution in [0.5, 0.6) is 5.75 Å². The van der Waals surface area contributed by atoms with Crippen molar-refractivity contribution in [1.29, 1.82) is 0 Å². The predicted octanol–water partition coefficient (Wildman–Crippen LogP) is 4.04. The van der Waals surface area contributed by atoms with E-state index >= 15 is 0 Å². The van der Waals surface area contributed by atoms with E-state index < -0.39 is 5.91 Å². The molecule has 0 bridgehead atoms. The number of nitrogens with two attached hydrogens (primary N) is 1. The first-order valence-corrected chi connectivity index (χ1v) is 8.08. The lowest BCUT2D eigenvalue weighted by molar-refractivity contribution is 0.1000. The minimum Gasteiger partial charge on any atom is -0.489 e. The second-order valence-corrected chi connectivity index (χ2v) is 6.05. The first-order valence-electron chi connectivity index (χ1n) is 8.08. The van der Waals surface area contributed by atoms with E-state index in [9.17, 15) is 4.79 Å². The number of carbonyl (C=O) groups is 1. The molecule has 4 heteroatoms. The highest BCUT2D eigenvalue weighted by Gasteiger charge is 2.05. The van der Waals surface area contributed by atoms with Crippen LogP contribution >= 0.6 is 0 Å². The molecule has 126 valence electrons. The molecule has 2 N–H and O–H groups in total. The largest absolute Gasteiger partial charge is 0.489 e. The number of nitrogens with zero attached hydrogens (tertiary/aromatic N) is 1. The van der Waals surface area contributed by atoms with Gasteiger partial charge in [0, 0.05) is 16.8 Å². The summed E-state index contributed by atoms with van der Waals surface area (Å²) >= 11 is 0. The molecular weight excluding hydrogens is 312 g/mol. The number of rotatable bonds is 5. The molecule has 0 aliphatic rings. The minimum atomic E-state index is -0.445. The molecule has 25 heavy (non-hydrogen) atoms. The third kappa shape index (κ3) is 4.23. The molecule has 0 spiro atoms. The zero-order chi connectivity index (χ0) is 17.8. The van der Waals surface area contributed by atoms with E-state index in [4.69, 9.17) is 10.5 Å². The average Bonchev–Trinajstić information content (AvgIpc) is 2.60. The number of pyridine rings is 1. The molecule has 0 aliphatic heterocycles. The lowest BCUT2D eigenvalue weighted by Gasteiger charge is -2.10. The molecule has 3 aromatic rings. The lowest BCUT2D eigenvalue weighted by Crippen LogP contribution is -2.10. The van der Waals surface area contributed by atoms with Crippen LogP contribution in [0.1, 0.15) is 27.2 Å². The van der Waals surface area contributed by atoms with Gasteiger partial charge in [0.2, 0.25) is 5.91 Å². The molecule has 0 fully saturated rings. The Morgan fingerprint density at radius 2 is 1.80 bits per heavy atom. The van der Waals surface area contributed by atoms with Crippen LogP contribution in [0, 0.1) is 13.8 Å². The standard InChI is InChI=1S/C21H20N2O2/c1-14-4-3-5-18(10-14)20-12-16(11-15(2)23-20)13-25-19-8-6-17(7-9-19)21(22)24/h3-12H,13H2,1-2H3,(H2,22,24). The molecule has 0 saturated carbocycles. The van der Waals surface area contributed by atoms with Gasteiger partial charge in [-0.1, -0.05) is 23.8 Å². The molecular formula is C21H20N2O2. The highest BCUT2D eigenvalue weighted by Crippen LogP contribution is 2.21. The fraction of sp³-hybridized carbons (Fsp3) is 0.143. The van der Waals surface area contributed by atoms with Gasteiger partial charge in [0.25, 0.3) is 0 Å². The first-order chi connectivity index (χ1) is 12.0. The number of aryl methyl sites for hydroxylation is 2. The Kier molecular flexibility index (Phi) is 4.80. The van der Waals surface area contributed by atoms with Crippen LogP contribution in [0.3, 0.4) is 0 Å². The minimum absolute atomic E-state index is 0.429. The first kappa shape index (κ1) is 16.7. The molecule has 1 heterocycles. The van der Waals surface area contributed by atoms with Gasteiger partial charge >= 0.3 is 0 Å². The lowest BCUT2D eigenvalue weighted by atomic mass is 10.1. The summed E-state index contributed by atoms with van der Waals surface area (Å²) in [4.78, 5) is 15.7. The zero-order valence-electron chi connectivity index (χ0n) is 14.3. The SMILES string of the molecule is Cc1cccc(-c2cc(COc3ccc(C(N)=O)cc3)cc(C)n2)c1. The number of benzene rings is 2. The van der Waals surface area contributed by atoms with Crippen LogP contribution in [0.4, 0.5) is 0 Å². The van der Waals surface area contributed by atoms with Gasteiger partial charge in [-0.05, 0) is 61.9 Å². The van der Waals surface area contributed by atoms with Gasteiger partial charge in [-0.15, -0.1) is 0 Å². The molecule has 0 saturated heterocycles. The summed E-state index contributed by atoms with van der Waals surface area (Å²) in [6, 6.07) is 19.1. The number of ether oxygens (including phenoxy) is 1. The van der Waals surface area contributed by atoms with Crippen molar-refractivity contribution in [2.45, 2.75) is 20.5 Å². The number of hydrogen-bond donors (Lipinski definition) is 1. The van der Waals surface area contributed by atoms with E-state index in [0.717, 1.165) is 22.5 Å². The van der Waals surface area contributed by atoms with Crippen molar-refractivity contribution in [3.63, 3.8) is 0 Å². The summed E-state index contributed by atoms with van der Waals surface area (Å²) in [7, 11) is 0. The zero-order valence-corrected chi connectivity index (χ0v) is 14.3. The van der Waals surface area contributed by atoms with Crippen molar-refractivity contribution >= 4 is 5.91 Å². The van der Waals surface area contributed by atoms with E-state index in [1.165, 1.54) is 5.56 Å². The average molecular weight is 332 g/mol. The van der Waals surface area contributed by atoms with Crippen LogP contribution in [-0.2, 0) is 6.61 Å². The molecule has 0 unspecified atom stereocenters. The summed E-state index contributed by atoms with van der Waals surface area (Å²) in [6.07, 6.45) is 0. The van der Waals surface area contributed by atoms with Gasteiger partial charge in [0.1, 0.15) is 12.4 Å². The Morgan fingerprint density at radius 1 is 1.04 bits per heavy atom. The van der Waals surface area contributed by atoms with Crippen molar-refractivity contribution in [2.24, 2.45) is 5.73 Å². The molecule has 0 aliphatic carbocycles. The number of carbonyl (C=O) groups excluding carboxylic acids is 1. The van der Waals surface area contributed by atoms with Crippen molar-refractivity contribution in [3.05, 3.63) is 83.0 Å². The monoisotopic (exact) mass is 332 g/mol. The second kappa shape index (κ2) is 7.18. The summed E-state index contributed by atoms with van der Waals surface area (Å²) in [5.41, 5.74) is 10.9. The van der Waals surface area contributed by atoms with E-state index in [1.54, 1.807) is 24.3 Å². The Bertz CT molecular complexity index is 902. The second-order valence-electron chi connectivity index (χ2n) is 6.05. The highest BCUT2D eigenvalue weighted by molar-refractivity contribution is 5.92. The van der Waals surface area contributed by atoms with Crippen LogP contribution < -0.4 is 10.5 Å². The number of amides is 1. The third-order valence-corrected chi connectivity index (χ3v) is 3.87. The van der Waals surface area contributed by atoms with Crippen molar-refractivity contribution in [1.82, 2.24) is 4.98 Å². The molecule has 3 rings (SSSR count). The van der Waals surface area contributed by atoms with Gasteiger partial charge in [0.05, 0.1) is 5.69 Å². The van der Waals surface area contributed by atoms with Crippen molar-refractivity contribution in [3.8, 4) is 17.0 Å². The van der Waals surface area contributed by atoms with Crippen molar-refractivity contribution < 1.29 is 9.53 Å². The van der Waals surface area contributed by atoms with Gasteiger partial charge in [-0.2, -0.15) is 0 Å². The van der Waals surface area contributed by atoms with Gasteiger partial charge in [0.15, 0.2) is 0 Å². The Morgan fingerprint density at radius 3 is 2.48 bits per heavy atom. The number of aromatic nitrogens is 1. The Hall–Kier alpha value is -3.14. The normalized spacial score (nSPS) is 10.5. The maximum absolute atomic E-state index is 11.1. The third-order valence-electron chi connectivity index (χ3n) is 3.87. The summed E-state index contributed by atoms with van der Waals surface area (Å²) in [5, 5.41) is 0. The number of hydrogen-bond acceptors (Lipinski definition) is 3. The quantitative estimate of drug-likeness (QED) is 0.767. The van der Waals surface area contributed by atoms with Crippen LogP contribution in [0.15, 0.2) is 60.7 Å². The maximum atomic E-state index is 11.1. The van der Waals surface area contributed by atoms with E-state index in [0.29, 0.717) is 17.9 Å². The molecule has 1 amide bonds. The van der Waals surface area contributed by atoms with Gasteiger partial charge in [-0.3, -0.25) is 9.78 Å². The Balaban J connectivity index is 1.77. The highest BCUT2D eigenvalue weighted by atomic mass is 16.5. The molecule has 0 atom stereocenters. The van der Waals surface area contributed by atoms with Crippen LogP contribution in [0.25, 0.3) is 11.3 Å². The topological polar surface area (TPSA) is 65.2 Å². The number of primary amides is 1. The molecule has 0 radical (unpaired) electrons. The summed E-state index contributed by atoms with van der Waals surface area (Å²) in [5.74, 6) is 0.246. The summed E-state index contributed by atoms with van der Waals surface area (Å²) < 4.78 is 5.82.